The molecule has 0 radical (unpaired) electrons. The summed E-state index contributed by atoms with van der Waals surface area (Å²) >= 11 is 0. The summed E-state index contributed by atoms with van der Waals surface area (Å²) in [6.45, 7) is 0.628. The van der Waals surface area contributed by atoms with Gasteiger partial charge < -0.3 is 20.4 Å². The maximum absolute atomic E-state index is 12.2. The van der Waals surface area contributed by atoms with Gasteiger partial charge in [0.1, 0.15) is 11.4 Å². The van der Waals surface area contributed by atoms with Crippen molar-refractivity contribution in [1.82, 2.24) is 9.55 Å². The van der Waals surface area contributed by atoms with E-state index in [2.05, 4.69) is 10.3 Å². The fourth-order valence-electron chi connectivity index (χ4n) is 2.27. The number of nitrogens with one attached hydrogen (secondary N) is 1. The molecular weight excluding hydrogens is 304 g/mol. The molecule has 0 aliphatic rings. The number of hydrogen-bond donors (Lipinski definition) is 2. The van der Waals surface area contributed by atoms with Crippen LogP contribution in [0.2, 0.25) is 0 Å². The molecule has 122 valence electrons. The Bertz CT molecular complexity index is 823. The van der Waals surface area contributed by atoms with Crippen LogP contribution < -0.4 is 15.8 Å². The van der Waals surface area contributed by atoms with Gasteiger partial charge in [0.2, 0.25) is 0 Å². The molecule has 2 aromatic carbocycles. The molecule has 6 nitrogen and oxygen atoms in total. The highest BCUT2D eigenvalue weighted by Crippen LogP contribution is 2.16. The number of rotatable bonds is 5. The van der Waals surface area contributed by atoms with Crippen molar-refractivity contribution in [3.8, 4) is 5.75 Å². The van der Waals surface area contributed by atoms with Gasteiger partial charge in [-0.05, 0) is 42.0 Å². The molecule has 0 bridgehead atoms. The van der Waals surface area contributed by atoms with Gasteiger partial charge in [-0.2, -0.15) is 0 Å². The van der Waals surface area contributed by atoms with Crippen LogP contribution in [0.3, 0.4) is 0 Å². The Morgan fingerprint density at radius 2 is 1.88 bits per heavy atom. The number of hydrogen-bond acceptors (Lipinski definition) is 4. The molecule has 1 heterocycles. The molecule has 0 aliphatic heterocycles. The lowest BCUT2D eigenvalue weighted by atomic mass is 10.2. The van der Waals surface area contributed by atoms with Gasteiger partial charge in [-0.15, -0.1) is 0 Å². The number of ether oxygens (including phenoxy) is 1. The summed E-state index contributed by atoms with van der Waals surface area (Å²) in [5.41, 5.74) is 8.54. The third-order valence-corrected chi connectivity index (χ3v) is 3.56. The second kappa shape index (κ2) is 6.87. The summed E-state index contributed by atoms with van der Waals surface area (Å²) in [5, 5.41) is 2.81. The minimum Gasteiger partial charge on any atom is -0.497 e. The molecule has 0 saturated heterocycles. The van der Waals surface area contributed by atoms with E-state index in [1.165, 1.54) is 0 Å². The number of carbonyl (C=O) groups is 1. The van der Waals surface area contributed by atoms with E-state index < -0.39 is 0 Å². The molecule has 24 heavy (non-hydrogen) atoms. The molecule has 0 aliphatic carbocycles. The number of anilines is 2. The van der Waals surface area contributed by atoms with Gasteiger partial charge in [0.05, 0.1) is 13.4 Å². The second-order valence-electron chi connectivity index (χ2n) is 5.36. The number of benzene rings is 2. The fourth-order valence-corrected chi connectivity index (χ4v) is 2.27. The summed E-state index contributed by atoms with van der Waals surface area (Å²) in [5.74, 6) is 0.483. The maximum atomic E-state index is 12.2. The molecular formula is C18H18N4O2. The second-order valence-corrected chi connectivity index (χ2v) is 5.36. The first kappa shape index (κ1) is 15.6. The van der Waals surface area contributed by atoms with Gasteiger partial charge in [-0.25, -0.2) is 4.98 Å². The van der Waals surface area contributed by atoms with Crippen LogP contribution >= 0.6 is 0 Å². The third kappa shape index (κ3) is 3.73. The predicted molar refractivity (Wildman–Crippen MR) is 93.1 cm³/mol. The van der Waals surface area contributed by atoms with Crippen LogP contribution in [-0.4, -0.2) is 22.6 Å². The van der Waals surface area contributed by atoms with Crippen molar-refractivity contribution in [2.45, 2.75) is 6.54 Å². The molecule has 0 unspecified atom stereocenters. The highest BCUT2D eigenvalue weighted by molar-refractivity contribution is 6.02. The van der Waals surface area contributed by atoms with E-state index in [0.29, 0.717) is 17.9 Å². The summed E-state index contributed by atoms with van der Waals surface area (Å²) in [7, 11) is 1.60. The Morgan fingerprint density at radius 1 is 1.17 bits per heavy atom. The van der Waals surface area contributed by atoms with E-state index in [9.17, 15) is 4.79 Å². The monoisotopic (exact) mass is 322 g/mol. The Hall–Kier alpha value is -3.28. The van der Waals surface area contributed by atoms with Gasteiger partial charge in [0.25, 0.3) is 5.91 Å². The zero-order valence-electron chi connectivity index (χ0n) is 13.3. The molecule has 3 N–H and O–H groups in total. The van der Waals surface area contributed by atoms with Crippen LogP contribution in [0.5, 0.6) is 5.75 Å². The molecule has 0 fully saturated rings. The Kier molecular flexibility index (Phi) is 4.47. The average molecular weight is 322 g/mol. The van der Waals surface area contributed by atoms with Crippen molar-refractivity contribution < 1.29 is 9.53 Å². The number of imidazole rings is 1. The highest BCUT2D eigenvalue weighted by Gasteiger charge is 2.10. The Labute approximate surface area is 139 Å². The van der Waals surface area contributed by atoms with Gasteiger partial charge in [-0.1, -0.05) is 12.1 Å². The fraction of sp³-hybridized carbons (Fsp3) is 0.111. The first-order valence-electron chi connectivity index (χ1n) is 7.45. The summed E-state index contributed by atoms with van der Waals surface area (Å²) < 4.78 is 6.95. The smallest absolute Gasteiger partial charge is 0.275 e. The van der Waals surface area contributed by atoms with Gasteiger partial charge in [-0.3, -0.25) is 4.79 Å². The maximum Gasteiger partial charge on any atom is 0.275 e. The molecule has 0 atom stereocenters. The molecule has 0 saturated carbocycles. The van der Waals surface area contributed by atoms with Crippen LogP contribution in [0, 0.1) is 0 Å². The van der Waals surface area contributed by atoms with E-state index in [0.717, 1.165) is 17.0 Å². The van der Waals surface area contributed by atoms with Crippen molar-refractivity contribution in [3.05, 3.63) is 72.3 Å². The van der Waals surface area contributed by atoms with Crippen LogP contribution in [0.4, 0.5) is 11.4 Å². The van der Waals surface area contributed by atoms with E-state index in [4.69, 9.17) is 10.5 Å². The van der Waals surface area contributed by atoms with E-state index in [1.54, 1.807) is 43.9 Å². The van der Waals surface area contributed by atoms with E-state index >= 15 is 0 Å². The highest BCUT2D eigenvalue weighted by atomic mass is 16.5. The standard InChI is InChI=1S/C18H18N4O2/c1-24-16-8-6-15(7-9-16)21-18(23)17-11-22(12-20-17)10-13-2-4-14(19)5-3-13/h2-9,11-12H,10,19H2,1H3,(H,21,23). The Balaban J connectivity index is 1.65. The van der Waals surface area contributed by atoms with E-state index in [-0.39, 0.29) is 5.91 Å². The number of nitrogen functional groups attached to an aromatic ring is 1. The van der Waals surface area contributed by atoms with Crippen LogP contribution in [-0.2, 0) is 6.54 Å². The summed E-state index contributed by atoms with van der Waals surface area (Å²) in [6, 6.07) is 14.7. The number of methoxy groups -OCH3 is 1. The number of nitrogens with zero attached hydrogens (tertiary/aromatic N) is 2. The average Bonchev–Trinajstić information content (AvgIpc) is 3.06. The number of carbonyl (C=O) groups excluding carboxylic acids is 1. The topological polar surface area (TPSA) is 82.2 Å². The first-order chi connectivity index (χ1) is 11.6. The number of amides is 1. The van der Waals surface area contributed by atoms with Gasteiger partial charge in [0.15, 0.2) is 0 Å². The number of aromatic nitrogens is 2. The van der Waals surface area contributed by atoms with Crippen molar-refractivity contribution in [3.63, 3.8) is 0 Å². The van der Waals surface area contributed by atoms with Crippen LogP contribution in [0.25, 0.3) is 0 Å². The molecule has 0 spiro atoms. The minimum absolute atomic E-state index is 0.253. The quantitative estimate of drug-likeness (QED) is 0.708. The van der Waals surface area contributed by atoms with Crippen molar-refractivity contribution in [2.75, 3.05) is 18.2 Å². The van der Waals surface area contributed by atoms with Gasteiger partial charge >= 0.3 is 0 Å². The normalized spacial score (nSPS) is 10.4. The molecule has 1 amide bonds. The number of nitrogens with two attached hydrogens (primary N) is 1. The third-order valence-electron chi connectivity index (χ3n) is 3.56. The molecule has 3 aromatic rings. The minimum atomic E-state index is -0.253. The van der Waals surface area contributed by atoms with Crippen LogP contribution in [0.1, 0.15) is 16.1 Å². The molecule has 1 aromatic heterocycles. The van der Waals surface area contributed by atoms with Crippen molar-refractivity contribution in [1.29, 1.82) is 0 Å². The lowest BCUT2D eigenvalue weighted by Crippen LogP contribution is -2.12. The Morgan fingerprint density at radius 3 is 2.54 bits per heavy atom. The summed E-state index contributed by atoms with van der Waals surface area (Å²) in [6.07, 6.45) is 3.36. The molecule has 6 heteroatoms. The lowest BCUT2D eigenvalue weighted by molar-refractivity contribution is 0.102. The van der Waals surface area contributed by atoms with Crippen LogP contribution in [0.15, 0.2) is 61.1 Å². The van der Waals surface area contributed by atoms with Gasteiger partial charge in [0, 0.05) is 24.1 Å². The predicted octanol–water partition coefficient (Wildman–Crippen LogP) is 2.77. The largest absolute Gasteiger partial charge is 0.497 e. The first-order valence-corrected chi connectivity index (χ1v) is 7.45. The molecule has 3 rings (SSSR count). The zero-order valence-corrected chi connectivity index (χ0v) is 13.3. The summed E-state index contributed by atoms with van der Waals surface area (Å²) in [4.78, 5) is 16.4. The van der Waals surface area contributed by atoms with E-state index in [1.807, 2.05) is 28.8 Å². The van der Waals surface area contributed by atoms with Crippen molar-refractivity contribution >= 4 is 17.3 Å². The lowest BCUT2D eigenvalue weighted by Gasteiger charge is -2.05. The SMILES string of the molecule is COc1ccc(NC(=O)c2cn(Cc3ccc(N)cc3)cn2)cc1. The van der Waals surface area contributed by atoms with Crippen molar-refractivity contribution in [2.24, 2.45) is 0 Å². The zero-order chi connectivity index (χ0) is 16.9.